The van der Waals surface area contributed by atoms with E-state index in [2.05, 4.69) is 29.6 Å². The van der Waals surface area contributed by atoms with Gasteiger partial charge < -0.3 is 19.5 Å². The molecule has 1 N–H and O–H groups in total. The van der Waals surface area contributed by atoms with E-state index in [-0.39, 0.29) is 0 Å². The summed E-state index contributed by atoms with van der Waals surface area (Å²) in [4.78, 5) is 0. The predicted octanol–water partition coefficient (Wildman–Crippen LogP) is 3.26. The van der Waals surface area contributed by atoms with Crippen LogP contribution >= 0.6 is 0 Å². The zero-order chi connectivity index (χ0) is 16.7. The maximum absolute atomic E-state index is 5.54. The van der Waals surface area contributed by atoms with Gasteiger partial charge >= 0.3 is 0 Å². The highest BCUT2D eigenvalue weighted by Crippen LogP contribution is 2.45. The highest BCUT2D eigenvalue weighted by molar-refractivity contribution is 5.55. The number of hydrogen-bond donors (Lipinski definition) is 1. The molecule has 1 aliphatic heterocycles. The number of hydrogen-bond acceptors (Lipinski definition) is 4. The fraction of sp³-hybridized carbons (Fsp3) is 0.400. The predicted molar refractivity (Wildman–Crippen MR) is 93.3 cm³/mol. The molecule has 4 heteroatoms. The van der Waals surface area contributed by atoms with Crippen molar-refractivity contribution >= 4 is 0 Å². The smallest absolute Gasteiger partial charge is 0.161 e. The Morgan fingerprint density at radius 3 is 2.38 bits per heavy atom. The van der Waals surface area contributed by atoms with Crippen molar-refractivity contribution in [2.45, 2.75) is 31.3 Å². The number of rotatable bonds is 3. The molecule has 24 heavy (non-hydrogen) atoms. The molecule has 4 rings (SSSR count). The van der Waals surface area contributed by atoms with Crippen LogP contribution in [0, 0.1) is 0 Å². The summed E-state index contributed by atoms with van der Waals surface area (Å²) < 4.78 is 16.5. The largest absolute Gasteiger partial charge is 0.497 e. The van der Waals surface area contributed by atoms with E-state index in [0.717, 1.165) is 36.6 Å². The van der Waals surface area contributed by atoms with Crippen LogP contribution in [-0.2, 0) is 13.0 Å². The van der Waals surface area contributed by atoms with Crippen molar-refractivity contribution in [3.05, 3.63) is 52.6 Å². The summed E-state index contributed by atoms with van der Waals surface area (Å²) >= 11 is 0. The molecule has 2 aromatic carbocycles. The second-order valence-corrected chi connectivity index (χ2v) is 6.47. The Kier molecular flexibility index (Phi) is 3.85. The standard InChI is InChI=1S/C20H23NO3/c1-22-14-6-4-13-11-21-17-7-5-12-8-18(23-2)19(24-3)10-16(12)20(17)15(13)9-14/h4,6,8-10,17,20-21H,5,7,11H2,1-3H3. The van der Waals surface area contributed by atoms with Crippen LogP contribution in [0.25, 0.3) is 0 Å². The quantitative estimate of drug-likeness (QED) is 0.940. The first-order valence-electron chi connectivity index (χ1n) is 8.40. The van der Waals surface area contributed by atoms with Gasteiger partial charge in [0.2, 0.25) is 0 Å². The monoisotopic (exact) mass is 325 g/mol. The van der Waals surface area contributed by atoms with Crippen LogP contribution in [0.3, 0.4) is 0 Å². The van der Waals surface area contributed by atoms with Crippen LogP contribution in [0.15, 0.2) is 30.3 Å². The van der Waals surface area contributed by atoms with E-state index in [1.54, 1.807) is 21.3 Å². The first-order valence-corrected chi connectivity index (χ1v) is 8.40. The van der Waals surface area contributed by atoms with Crippen LogP contribution in [-0.4, -0.2) is 27.4 Å². The highest BCUT2D eigenvalue weighted by Gasteiger charge is 2.36. The van der Waals surface area contributed by atoms with Crippen molar-refractivity contribution in [3.8, 4) is 17.2 Å². The lowest BCUT2D eigenvalue weighted by atomic mass is 9.72. The molecule has 126 valence electrons. The van der Waals surface area contributed by atoms with Gasteiger partial charge in [-0.25, -0.2) is 0 Å². The van der Waals surface area contributed by atoms with Gasteiger partial charge in [0.25, 0.3) is 0 Å². The van der Waals surface area contributed by atoms with Gasteiger partial charge in [0.15, 0.2) is 11.5 Å². The Morgan fingerprint density at radius 1 is 0.875 bits per heavy atom. The lowest BCUT2D eigenvalue weighted by molar-refractivity contribution is 0.348. The van der Waals surface area contributed by atoms with E-state index < -0.39 is 0 Å². The van der Waals surface area contributed by atoms with E-state index in [1.807, 2.05) is 6.07 Å². The van der Waals surface area contributed by atoms with Crippen molar-refractivity contribution < 1.29 is 14.2 Å². The maximum Gasteiger partial charge on any atom is 0.161 e. The topological polar surface area (TPSA) is 39.7 Å². The first-order chi connectivity index (χ1) is 11.7. The molecule has 0 bridgehead atoms. The Bertz CT molecular complexity index is 772. The Hall–Kier alpha value is -2.20. The first kappa shape index (κ1) is 15.3. The van der Waals surface area contributed by atoms with E-state index in [4.69, 9.17) is 14.2 Å². The molecule has 2 aliphatic rings. The van der Waals surface area contributed by atoms with E-state index in [9.17, 15) is 0 Å². The van der Waals surface area contributed by atoms with Gasteiger partial charge in [-0.3, -0.25) is 0 Å². The minimum absolute atomic E-state index is 0.326. The summed E-state index contributed by atoms with van der Waals surface area (Å²) in [5, 5.41) is 3.71. The number of methoxy groups -OCH3 is 3. The molecule has 2 aromatic rings. The van der Waals surface area contributed by atoms with Gasteiger partial charge in [-0.1, -0.05) is 6.07 Å². The normalized spacial score (nSPS) is 21.3. The Labute approximate surface area is 142 Å². The summed E-state index contributed by atoms with van der Waals surface area (Å²) in [6.07, 6.45) is 2.19. The number of nitrogens with one attached hydrogen (secondary N) is 1. The molecule has 0 fully saturated rings. The Balaban J connectivity index is 1.88. The highest BCUT2D eigenvalue weighted by atomic mass is 16.5. The molecular weight excluding hydrogens is 302 g/mol. The van der Waals surface area contributed by atoms with Gasteiger partial charge in [0.05, 0.1) is 21.3 Å². The Morgan fingerprint density at radius 2 is 1.62 bits per heavy atom. The number of fused-ring (bicyclic) bond motifs is 5. The van der Waals surface area contributed by atoms with Crippen molar-refractivity contribution in [1.82, 2.24) is 5.32 Å². The zero-order valence-electron chi connectivity index (χ0n) is 14.4. The molecule has 0 radical (unpaired) electrons. The van der Waals surface area contributed by atoms with Crippen LogP contribution in [0.4, 0.5) is 0 Å². The van der Waals surface area contributed by atoms with Gasteiger partial charge in [-0.2, -0.15) is 0 Å². The molecule has 2 atom stereocenters. The molecule has 0 spiro atoms. The minimum atomic E-state index is 0.326. The molecular formula is C20H23NO3. The number of aryl methyl sites for hydroxylation is 1. The van der Waals surface area contributed by atoms with Crippen LogP contribution in [0.5, 0.6) is 17.2 Å². The summed E-state index contributed by atoms with van der Waals surface area (Å²) in [5.74, 6) is 2.85. The van der Waals surface area contributed by atoms with Gasteiger partial charge in [0.1, 0.15) is 5.75 Å². The molecule has 0 amide bonds. The van der Waals surface area contributed by atoms with E-state index in [0.29, 0.717) is 12.0 Å². The van der Waals surface area contributed by atoms with Crippen LogP contribution < -0.4 is 19.5 Å². The fourth-order valence-electron chi connectivity index (χ4n) is 4.13. The summed E-state index contributed by atoms with van der Waals surface area (Å²) in [6, 6.07) is 11.2. The molecule has 0 saturated carbocycles. The third kappa shape index (κ3) is 2.33. The second-order valence-electron chi connectivity index (χ2n) is 6.47. The summed E-state index contributed by atoms with van der Waals surface area (Å²) in [6.45, 7) is 0.920. The van der Waals surface area contributed by atoms with E-state index >= 15 is 0 Å². The minimum Gasteiger partial charge on any atom is -0.497 e. The van der Waals surface area contributed by atoms with Crippen molar-refractivity contribution in [3.63, 3.8) is 0 Å². The second kappa shape index (κ2) is 6.02. The molecule has 1 aliphatic carbocycles. The average Bonchev–Trinajstić information content (AvgIpc) is 2.65. The van der Waals surface area contributed by atoms with Gasteiger partial charge in [-0.05, 0) is 59.4 Å². The van der Waals surface area contributed by atoms with Gasteiger partial charge in [-0.15, -0.1) is 0 Å². The number of benzene rings is 2. The molecule has 1 heterocycles. The van der Waals surface area contributed by atoms with Crippen molar-refractivity contribution in [1.29, 1.82) is 0 Å². The summed E-state index contributed by atoms with van der Waals surface area (Å²) in [7, 11) is 5.11. The average molecular weight is 325 g/mol. The third-order valence-corrected chi connectivity index (χ3v) is 5.35. The number of ether oxygens (including phenoxy) is 3. The van der Waals surface area contributed by atoms with Crippen molar-refractivity contribution in [2.24, 2.45) is 0 Å². The van der Waals surface area contributed by atoms with Gasteiger partial charge in [0, 0.05) is 18.5 Å². The zero-order valence-corrected chi connectivity index (χ0v) is 14.4. The van der Waals surface area contributed by atoms with Crippen LogP contribution in [0.2, 0.25) is 0 Å². The summed E-state index contributed by atoms with van der Waals surface area (Å²) in [5.41, 5.74) is 5.41. The molecule has 0 saturated heterocycles. The lowest BCUT2D eigenvalue weighted by Crippen LogP contribution is -2.42. The molecule has 0 aromatic heterocycles. The lowest BCUT2D eigenvalue weighted by Gasteiger charge is -2.40. The van der Waals surface area contributed by atoms with Crippen LogP contribution in [0.1, 0.15) is 34.6 Å². The molecule has 2 unspecified atom stereocenters. The van der Waals surface area contributed by atoms with E-state index in [1.165, 1.54) is 22.3 Å². The maximum atomic E-state index is 5.54. The SMILES string of the molecule is COc1ccc2c(c1)C1c3cc(OC)c(OC)cc3CCC1NC2. The van der Waals surface area contributed by atoms with Crippen molar-refractivity contribution in [2.75, 3.05) is 21.3 Å². The third-order valence-electron chi connectivity index (χ3n) is 5.35. The molecule has 4 nitrogen and oxygen atoms in total. The fourth-order valence-corrected chi connectivity index (χ4v) is 4.13.